The first-order valence-corrected chi connectivity index (χ1v) is 7.16. The van der Waals surface area contributed by atoms with E-state index >= 15 is 0 Å². The van der Waals surface area contributed by atoms with Gasteiger partial charge in [0.15, 0.2) is 0 Å². The first-order chi connectivity index (χ1) is 8.29. The highest BCUT2D eigenvalue weighted by molar-refractivity contribution is 9.10. The van der Waals surface area contributed by atoms with E-state index in [1.807, 2.05) is 6.20 Å². The smallest absolute Gasteiger partial charge is 0.128 e. The SMILES string of the molecule is CCNCC1CCN(c2ccc(Br)cn2)CC1. The monoisotopic (exact) mass is 297 g/mol. The molecular formula is C13H20BrN3. The van der Waals surface area contributed by atoms with Gasteiger partial charge in [-0.3, -0.25) is 0 Å². The van der Waals surface area contributed by atoms with E-state index in [9.17, 15) is 0 Å². The summed E-state index contributed by atoms with van der Waals surface area (Å²) in [5.74, 6) is 1.94. The third-order valence-corrected chi connectivity index (χ3v) is 3.80. The Morgan fingerprint density at radius 1 is 1.41 bits per heavy atom. The van der Waals surface area contributed by atoms with Crippen molar-refractivity contribution in [2.45, 2.75) is 19.8 Å². The maximum absolute atomic E-state index is 4.45. The van der Waals surface area contributed by atoms with Gasteiger partial charge in [0.25, 0.3) is 0 Å². The van der Waals surface area contributed by atoms with Crippen LogP contribution in [0, 0.1) is 5.92 Å². The van der Waals surface area contributed by atoms with E-state index < -0.39 is 0 Å². The number of nitrogens with one attached hydrogen (secondary N) is 1. The summed E-state index contributed by atoms with van der Waals surface area (Å²) in [5, 5.41) is 3.44. The molecule has 0 amide bonds. The van der Waals surface area contributed by atoms with Crippen molar-refractivity contribution >= 4 is 21.7 Å². The predicted molar refractivity (Wildman–Crippen MR) is 75.4 cm³/mol. The van der Waals surface area contributed by atoms with Crippen LogP contribution in [0.4, 0.5) is 5.82 Å². The number of hydrogen-bond donors (Lipinski definition) is 1. The Labute approximate surface area is 112 Å². The van der Waals surface area contributed by atoms with Gasteiger partial charge >= 0.3 is 0 Å². The van der Waals surface area contributed by atoms with Crippen LogP contribution in [0.1, 0.15) is 19.8 Å². The Morgan fingerprint density at radius 2 is 2.18 bits per heavy atom. The lowest BCUT2D eigenvalue weighted by Crippen LogP contribution is -2.37. The summed E-state index contributed by atoms with van der Waals surface area (Å²) in [7, 11) is 0. The van der Waals surface area contributed by atoms with Gasteiger partial charge in [-0.2, -0.15) is 0 Å². The molecule has 2 heterocycles. The van der Waals surface area contributed by atoms with Crippen molar-refractivity contribution in [1.82, 2.24) is 10.3 Å². The molecule has 17 heavy (non-hydrogen) atoms. The summed E-state index contributed by atoms with van der Waals surface area (Å²) in [6.45, 7) is 6.67. The first-order valence-electron chi connectivity index (χ1n) is 6.37. The molecule has 0 unspecified atom stereocenters. The van der Waals surface area contributed by atoms with Gasteiger partial charge in [0.1, 0.15) is 5.82 Å². The van der Waals surface area contributed by atoms with Crippen LogP contribution in [0.2, 0.25) is 0 Å². The van der Waals surface area contributed by atoms with E-state index in [1.54, 1.807) is 0 Å². The highest BCUT2D eigenvalue weighted by atomic mass is 79.9. The largest absolute Gasteiger partial charge is 0.357 e. The maximum atomic E-state index is 4.45. The van der Waals surface area contributed by atoms with E-state index in [1.165, 1.54) is 12.8 Å². The van der Waals surface area contributed by atoms with Gasteiger partial charge in [-0.15, -0.1) is 0 Å². The molecule has 0 saturated carbocycles. The topological polar surface area (TPSA) is 28.2 Å². The Bertz CT molecular complexity index is 331. The molecule has 0 atom stereocenters. The highest BCUT2D eigenvalue weighted by Gasteiger charge is 2.19. The van der Waals surface area contributed by atoms with Gasteiger partial charge in [-0.1, -0.05) is 6.92 Å². The van der Waals surface area contributed by atoms with E-state index in [-0.39, 0.29) is 0 Å². The molecular weight excluding hydrogens is 278 g/mol. The Morgan fingerprint density at radius 3 is 2.76 bits per heavy atom. The molecule has 1 N–H and O–H groups in total. The molecule has 3 nitrogen and oxygen atoms in total. The molecule has 1 aliphatic heterocycles. The summed E-state index contributed by atoms with van der Waals surface area (Å²) in [5.41, 5.74) is 0. The van der Waals surface area contributed by atoms with Crippen molar-refractivity contribution < 1.29 is 0 Å². The van der Waals surface area contributed by atoms with Crippen molar-refractivity contribution in [3.63, 3.8) is 0 Å². The van der Waals surface area contributed by atoms with Gasteiger partial charge in [0, 0.05) is 23.8 Å². The minimum atomic E-state index is 0.835. The molecule has 1 aliphatic rings. The predicted octanol–water partition coefficient (Wildman–Crippen LogP) is 2.67. The summed E-state index contributed by atoms with van der Waals surface area (Å²) < 4.78 is 1.04. The fourth-order valence-electron chi connectivity index (χ4n) is 2.27. The number of piperidine rings is 1. The molecule has 0 spiro atoms. The number of anilines is 1. The van der Waals surface area contributed by atoms with Gasteiger partial charge in [-0.05, 0) is 59.9 Å². The Kier molecular flexibility index (Phi) is 4.80. The zero-order valence-electron chi connectivity index (χ0n) is 10.3. The second-order valence-electron chi connectivity index (χ2n) is 4.57. The van der Waals surface area contributed by atoms with Gasteiger partial charge in [-0.25, -0.2) is 4.98 Å². The fourth-order valence-corrected chi connectivity index (χ4v) is 2.50. The quantitative estimate of drug-likeness (QED) is 0.926. The Hall–Kier alpha value is -0.610. The van der Waals surface area contributed by atoms with Crippen molar-refractivity contribution in [2.75, 3.05) is 31.1 Å². The molecule has 94 valence electrons. The molecule has 2 rings (SSSR count). The third kappa shape index (κ3) is 3.68. The molecule has 1 aromatic heterocycles. The van der Waals surface area contributed by atoms with Gasteiger partial charge < -0.3 is 10.2 Å². The van der Waals surface area contributed by atoms with Crippen LogP contribution in [0.25, 0.3) is 0 Å². The van der Waals surface area contributed by atoms with Gasteiger partial charge in [0.2, 0.25) is 0 Å². The number of aromatic nitrogens is 1. The fraction of sp³-hybridized carbons (Fsp3) is 0.615. The molecule has 4 heteroatoms. The molecule has 0 radical (unpaired) electrons. The van der Waals surface area contributed by atoms with Crippen LogP contribution in [0.15, 0.2) is 22.8 Å². The Balaban J connectivity index is 1.84. The van der Waals surface area contributed by atoms with Crippen LogP contribution >= 0.6 is 15.9 Å². The van der Waals surface area contributed by atoms with Crippen LogP contribution < -0.4 is 10.2 Å². The lowest BCUT2D eigenvalue weighted by molar-refractivity contribution is 0.385. The van der Waals surface area contributed by atoms with Crippen molar-refractivity contribution in [3.05, 3.63) is 22.8 Å². The second-order valence-corrected chi connectivity index (χ2v) is 5.49. The van der Waals surface area contributed by atoms with E-state index in [2.05, 4.69) is 50.2 Å². The maximum Gasteiger partial charge on any atom is 0.128 e. The van der Waals surface area contributed by atoms with E-state index in [4.69, 9.17) is 0 Å². The standard InChI is InChI=1S/C13H20BrN3/c1-2-15-9-11-5-7-17(8-6-11)13-4-3-12(14)10-16-13/h3-4,10-11,15H,2,5-9H2,1H3. The number of pyridine rings is 1. The zero-order valence-corrected chi connectivity index (χ0v) is 11.9. The molecule has 0 bridgehead atoms. The van der Waals surface area contributed by atoms with E-state index in [0.717, 1.165) is 42.4 Å². The van der Waals surface area contributed by atoms with Crippen LogP contribution in [-0.2, 0) is 0 Å². The second kappa shape index (κ2) is 6.36. The van der Waals surface area contributed by atoms with Crippen molar-refractivity contribution in [2.24, 2.45) is 5.92 Å². The summed E-state index contributed by atoms with van der Waals surface area (Å²) in [4.78, 5) is 6.84. The lowest BCUT2D eigenvalue weighted by Gasteiger charge is -2.32. The number of nitrogens with zero attached hydrogens (tertiary/aromatic N) is 2. The van der Waals surface area contributed by atoms with Crippen LogP contribution in [0.5, 0.6) is 0 Å². The summed E-state index contributed by atoms with van der Waals surface area (Å²) >= 11 is 3.42. The number of hydrogen-bond acceptors (Lipinski definition) is 3. The minimum absolute atomic E-state index is 0.835. The number of halogens is 1. The highest BCUT2D eigenvalue weighted by Crippen LogP contribution is 2.22. The summed E-state index contributed by atoms with van der Waals surface area (Å²) in [6, 6.07) is 4.15. The van der Waals surface area contributed by atoms with Crippen LogP contribution in [-0.4, -0.2) is 31.2 Å². The van der Waals surface area contributed by atoms with Crippen molar-refractivity contribution in [3.8, 4) is 0 Å². The van der Waals surface area contributed by atoms with E-state index in [0.29, 0.717) is 0 Å². The molecule has 1 saturated heterocycles. The molecule has 1 fully saturated rings. The minimum Gasteiger partial charge on any atom is -0.357 e. The molecule has 0 aromatic carbocycles. The zero-order chi connectivity index (χ0) is 12.1. The molecule has 1 aromatic rings. The number of rotatable bonds is 4. The first kappa shape index (κ1) is 12.8. The summed E-state index contributed by atoms with van der Waals surface area (Å²) in [6.07, 6.45) is 4.41. The van der Waals surface area contributed by atoms with Crippen LogP contribution in [0.3, 0.4) is 0 Å². The van der Waals surface area contributed by atoms with Crippen molar-refractivity contribution in [1.29, 1.82) is 0 Å². The molecule has 0 aliphatic carbocycles. The average molecular weight is 298 g/mol. The van der Waals surface area contributed by atoms with Gasteiger partial charge in [0.05, 0.1) is 0 Å². The lowest BCUT2D eigenvalue weighted by atomic mass is 9.97. The normalized spacial score (nSPS) is 17.4. The third-order valence-electron chi connectivity index (χ3n) is 3.33. The average Bonchev–Trinajstić information content (AvgIpc) is 2.38.